The molecule has 1 atom stereocenters. The van der Waals surface area contributed by atoms with Crippen LogP contribution >= 0.6 is 0 Å². The Morgan fingerprint density at radius 2 is 1.56 bits per heavy atom. The van der Waals surface area contributed by atoms with Gasteiger partial charge in [-0.25, -0.2) is 4.98 Å². The second-order valence-corrected chi connectivity index (χ2v) is 7.42. The van der Waals surface area contributed by atoms with E-state index in [1.807, 2.05) is 24.5 Å². The van der Waals surface area contributed by atoms with Crippen LogP contribution in [0, 0.1) is 0 Å². The smallest absolute Gasteiger partial charge is 0.0959 e. The molecule has 0 saturated carbocycles. The van der Waals surface area contributed by atoms with E-state index >= 15 is 0 Å². The van der Waals surface area contributed by atoms with Crippen molar-refractivity contribution in [3.8, 4) is 0 Å². The minimum atomic E-state index is -0.376. The molecule has 0 aliphatic carbocycles. The molecule has 0 spiro atoms. The quantitative estimate of drug-likeness (QED) is 0.698. The molecule has 0 bridgehead atoms. The van der Waals surface area contributed by atoms with Gasteiger partial charge in [-0.05, 0) is 24.1 Å². The van der Waals surface area contributed by atoms with Gasteiger partial charge in [0, 0.05) is 39.3 Å². The van der Waals surface area contributed by atoms with E-state index in [0.29, 0.717) is 6.54 Å². The Bertz CT molecular complexity index is 840. The van der Waals surface area contributed by atoms with Crippen molar-refractivity contribution in [2.75, 3.05) is 39.3 Å². The molecule has 0 radical (unpaired) electrons. The van der Waals surface area contributed by atoms with E-state index in [1.165, 1.54) is 5.56 Å². The molecule has 3 aromatic rings. The van der Waals surface area contributed by atoms with Gasteiger partial charge >= 0.3 is 0 Å². The largest absolute Gasteiger partial charge is 0.390 e. The average molecular weight is 364 g/mol. The summed E-state index contributed by atoms with van der Waals surface area (Å²) in [6.45, 7) is 6.63. The van der Waals surface area contributed by atoms with Crippen LogP contribution in [0.2, 0.25) is 0 Å². The van der Waals surface area contributed by atoms with Crippen LogP contribution in [0.5, 0.6) is 0 Å². The molecule has 1 aliphatic heterocycles. The first-order valence-electron chi connectivity index (χ1n) is 9.84. The number of benzene rings is 2. The predicted molar refractivity (Wildman–Crippen MR) is 109 cm³/mol. The van der Waals surface area contributed by atoms with Gasteiger partial charge in [0.2, 0.25) is 0 Å². The highest BCUT2D eigenvalue weighted by Crippen LogP contribution is 2.13. The second kappa shape index (κ2) is 8.65. The van der Waals surface area contributed by atoms with Crippen LogP contribution < -0.4 is 0 Å². The highest BCUT2D eigenvalue weighted by molar-refractivity contribution is 5.74. The first-order valence-corrected chi connectivity index (χ1v) is 9.84. The number of para-hydroxylation sites is 2. The van der Waals surface area contributed by atoms with Gasteiger partial charge in [0.15, 0.2) is 0 Å². The predicted octanol–water partition coefficient (Wildman–Crippen LogP) is 2.26. The zero-order chi connectivity index (χ0) is 18.5. The van der Waals surface area contributed by atoms with E-state index in [2.05, 4.69) is 55.7 Å². The maximum absolute atomic E-state index is 10.5. The number of rotatable bonds is 7. The normalized spacial score (nSPS) is 17.4. The third-order valence-electron chi connectivity index (χ3n) is 5.43. The molecule has 2 aromatic carbocycles. The van der Waals surface area contributed by atoms with Crippen LogP contribution in [0.1, 0.15) is 5.56 Å². The van der Waals surface area contributed by atoms with Crippen molar-refractivity contribution >= 4 is 11.0 Å². The number of hydrogen-bond acceptors (Lipinski definition) is 4. The Morgan fingerprint density at radius 3 is 2.37 bits per heavy atom. The van der Waals surface area contributed by atoms with Crippen LogP contribution in [-0.2, 0) is 13.0 Å². The molecule has 1 aliphatic rings. The summed E-state index contributed by atoms with van der Waals surface area (Å²) in [6.07, 6.45) is 2.56. The fourth-order valence-electron chi connectivity index (χ4n) is 3.87. The number of fused-ring (bicyclic) bond motifs is 1. The summed E-state index contributed by atoms with van der Waals surface area (Å²) in [5.41, 5.74) is 3.47. The first-order chi connectivity index (χ1) is 13.3. The molecule has 2 heterocycles. The summed E-state index contributed by atoms with van der Waals surface area (Å²) in [5, 5.41) is 10.5. The number of aliphatic hydroxyl groups is 1. The average Bonchev–Trinajstić information content (AvgIpc) is 3.11. The van der Waals surface area contributed by atoms with Gasteiger partial charge in [-0.2, -0.15) is 0 Å². The molecule has 5 heteroatoms. The number of imidazole rings is 1. The molecule has 1 aromatic heterocycles. The van der Waals surface area contributed by atoms with E-state index in [4.69, 9.17) is 0 Å². The Balaban J connectivity index is 1.22. The molecule has 1 saturated heterocycles. The summed E-state index contributed by atoms with van der Waals surface area (Å²) in [5.74, 6) is 0. The zero-order valence-electron chi connectivity index (χ0n) is 15.7. The minimum absolute atomic E-state index is 0.376. The van der Waals surface area contributed by atoms with E-state index in [0.717, 1.165) is 56.7 Å². The molecular formula is C22H28N4O. The molecule has 0 amide bonds. The molecule has 1 fully saturated rings. The number of β-amino-alcohol motifs (C(OH)–C–C–N with tert-alkyl or cyclic N) is 1. The molecule has 142 valence electrons. The van der Waals surface area contributed by atoms with Crippen molar-refractivity contribution in [1.82, 2.24) is 19.4 Å². The monoisotopic (exact) mass is 364 g/mol. The van der Waals surface area contributed by atoms with Crippen molar-refractivity contribution in [3.05, 3.63) is 66.5 Å². The maximum atomic E-state index is 10.5. The highest BCUT2D eigenvalue weighted by Gasteiger charge is 2.19. The van der Waals surface area contributed by atoms with Crippen LogP contribution in [0.15, 0.2) is 60.9 Å². The molecular weight excluding hydrogens is 336 g/mol. The third kappa shape index (κ3) is 4.75. The van der Waals surface area contributed by atoms with Crippen LogP contribution in [0.3, 0.4) is 0 Å². The Hall–Kier alpha value is -2.21. The Kier molecular flexibility index (Phi) is 5.82. The molecule has 1 N–H and O–H groups in total. The number of aliphatic hydroxyl groups excluding tert-OH is 1. The van der Waals surface area contributed by atoms with Crippen molar-refractivity contribution in [1.29, 1.82) is 0 Å². The SMILES string of the molecule is OC(CN1CCN(CCc2ccccc2)CC1)Cn1cnc2ccccc21. The standard InChI is InChI=1S/C22H28N4O/c27-20(17-26-18-23-21-8-4-5-9-22(21)26)16-25-14-12-24(13-15-25)11-10-19-6-2-1-3-7-19/h1-9,18,20,27H,10-17H2. The lowest BCUT2D eigenvalue weighted by Crippen LogP contribution is -2.49. The van der Waals surface area contributed by atoms with Gasteiger partial charge in [-0.15, -0.1) is 0 Å². The summed E-state index contributed by atoms with van der Waals surface area (Å²) < 4.78 is 2.05. The fourth-order valence-corrected chi connectivity index (χ4v) is 3.87. The van der Waals surface area contributed by atoms with Gasteiger partial charge in [-0.1, -0.05) is 42.5 Å². The van der Waals surface area contributed by atoms with Gasteiger partial charge in [0.1, 0.15) is 0 Å². The van der Waals surface area contributed by atoms with E-state index in [9.17, 15) is 5.11 Å². The zero-order valence-corrected chi connectivity index (χ0v) is 15.7. The third-order valence-corrected chi connectivity index (χ3v) is 5.43. The molecule has 5 nitrogen and oxygen atoms in total. The Morgan fingerprint density at radius 1 is 0.852 bits per heavy atom. The maximum Gasteiger partial charge on any atom is 0.0959 e. The van der Waals surface area contributed by atoms with Crippen LogP contribution in [0.25, 0.3) is 11.0 Å². The second-order valence-electron chi connectivity index (χ2n) is 7.42. The molecule has 4 rings (SSSR count). The molecule has 27 heavy (non-hydrogen) atoms. The number of piperazine rings is 1. The number of nitrogens with zero attached hydrogens (tertiary/aromatic N) is 4. The van der Waals surface area contributed by atoms with Gasteiger partial charge in [0.05, 0.1) is 30.0 Å². The van der Waals surface area contributed by atoms with Gasteiger partial charge < -0.3 is 14.6 Å². The summed E-state index contributed by atoms with van der Waals surface area (Å²) >= 11 is 0. The molecule has 1 unspecified atom stereocenters. The van der Waals surface area contributed by atoms with E-state index in [1.54, 1.807) is 0 Å². The Labute approximate surface area is 160 Å². The number of hydrogen-bond donors (Lipinski definition) is 1. The lowest BCUT2D eigenvalue weighted by Gasteiger charge is -2.35. The summed E-state index contributed by atoms with van der Waals surface area (Å²) in [4.78, 5) is 9.31. The summed E-state index contributed by atoms with van der Waals surface area (Å²) in [6, 6.07) is 18.8. The fraction of sp³-hybridized carbons (Fsp3) is 0.409. The van der Waals surface area contributed by atoms with Crippen molar-refractivity contribution < 1.29 is 5.11 Å². The van der Waals surface area contributed by atoms with Crippen molar-refractivity contribution in [3.63, 3.8) is 0 Å². The number of aromatic nitrogens is 2. The lowest BCUT2D eigenvalue weighted by molar-refractivity contribution is 0.0653. The van der Waals surface area contributed by atoms with E-state index < -0.39 is 0 Å². The summed E-state index contributed by atoms with van der Waals surface area (Å²) in [7, 11) is 0. The van der Waals surface area contributed by atoms with Gasteiger partial charge in [-0.3, -0.25) is 4.90 Å². The lowest BCUT2D eigenvalue weighted by atomic mass is 10.1. The van der Waals surface area contributed by atoms with Crippen molar-refractivity contribution in [2.24, 2.45) is 0 Å². The van der Waals surface area contributed by atoms with Crippen LogP contribution in [0.4, 0.5) is 0 Å². The highest BCUT2D eigenvalue weighted by atomic mass is 16.3. The van der Waals surface area contributed by atoms with E-state index in [-0.39, 0.29) is 6.10 Å². The van der Waals surface area contributed by atoms with Gasteiger partial charge in [0.25, 0.3) is 0 Å². The topological polar surface area (TPSA) is 44.5 Å². The first kappa shape index (κ1) is 18.2. The van der Waals surface area contributed by atoms with Crippen molar-refractivity contribution in [2.45, 2.75) is 19.1 Å². The van der Waals surface area contributed by atoms with Crippen LogP contribution in [-0.4, -0.2) is 69.8 Å². The minimum Gasteiger partial charge on any atom is -0.390 e.